The van der Waals surface area contributed by atoms with Crippen LogP contribution in [0.1, 0.15) is 11.7 Å². The van der Waals surface area contributed by atoms with Gasteiger partial charge in [0.2, 0.25) is 0 Å². The van der Waals surface area contributed by atoms with Gasteiger partial charge < -0.3 is 5.11 Å². The minimum absolute atomic E-state index is 0.374. The number of aliphatic hydroxyl groups excluding tert-OH is 1. The van der Waals surface area contributed by atoms with Crippen molar-refractivity contribution in [3.63, 3.8) is 0 Å². The van der Waals surface area contributed by atoms with Crippen molar-refractivity contribution in [3.8, 4) is 0 Å². The SMILES string of the molecule is C=CC(=O)[C@H](O)c1ccccc1. The average Bonchev–Trinajstić information content (AvgIpc) is 2.17. The first kappa shape index (κ1) is 8.68. The van der Waals surface area contributed by atoms with E-state index in [1.165, 1.54) is 0 Å². The van der Waals surface area contributed by atoms with Gasteiger partial charge in [-0.1, -0.05) is 36.9 Å². The summed E-state index contributed by atoms with van der Waals surface area (Å²) in [5.41, 5.74) is 0.599. The van der Waals surface area contributed by atoms with E-state index in [1.807, 2.05) is 6.07 Å². The maximum atomic E-state index is 10.9. The zero-order valence-corrected chi connectivity index (χ0v) is 6.60. The molecule has 1 aromatic rings. The predicted molar refractivity (Wildman–Crippen MR) is 46.6 cm³/mol. The van der Waals surface area contributed by atoms with Crippen molar-refractivity contribution in [3.05, 3.63) is 48.6 Å². The van der Waals surface area contributed by atoms with Gasteiger partial charge in [-0.15, -0.1) is 0 Å². The standard InChI is InChI=1S/C10H10O2/c1-2-9(11)10(12)8-6-4-3-5-7-8/h2-7,10,12H,1H2/t10-/m1/s1. The normalized spacial score (nSPS) is 12.1. The van der Waals surface area contributed by atoms with Crippen LogP contribution in [0, 0.1) is 0 Å². The largest absolute Gasteiger partial charge is 0.380 e. The highest BCUT2D eigenvalue weighted by Gasteiger charge is 2.12. The Hall–Kier alpha value is -1.41. The molecule has 0 saturated heterocycles. The van der Waals surface area contributed by atoms with Crippen molar-refractivity contribution in [2.75, 3.05) is 0 Å². The van der Waals surface area contributed by atoms with Gasteiger partial charge in [0.15, 0.2) is 5.78 Å². The summed E-state index contributed by atoms with van der Waals surface area (Å²) in [6, 6.07) is 8.77. The van der Waals surface area contributed by atoms with Crippen molar-refractivity contribution in [1.29, 1.82) is 0 Å². The molecule has 2 heteroatoms. The number of rotatable bonds is 3. The van der Waals surface area contributed by atoms with E-state index < -0.39 is 6.10 Å². The van der Waals surface area contributed by atoms with Gasteiger partial charge in [0.1, 0.15) is 6.10 Å². The lowest BCUT2D eigenvalue weighted by Crippen LogP contribution is -2.08. The van der Waals surface area contributed by atoms with Gasteiger partial charge in [0, 0.05) is 0 Å². The maximum Gasteiger partial charge on any atom is 0.188 e. The highest BCUT2D eigenvalue weighted by molar-refractivity contribution is 5.93. The smallest absolute Gasteiger partial charge is 0.188 e. The molecular formula is C10H10O2. The highest BCUT2D eigenvalue weighted by Crippen LogP contribution is 2.12. The third kappa shape index (κ3) is 1.80. The number of hydrogen-bond acceptors (Lipinski definition) is 2. The fourth-order valence-corrected chi connectivity index (χ4v) is 0.911. The topological polar surface area (TPSA) is 37.3 Å². The van der Waals surface area contributed by atoms with Crippen LogP contribution < -0.4 is 0 Å². The van der Waals surface area contributed by atoms with Gasteiger partial charge in [0.05, 0.1) is 0 Å². The van der Waals surface area contributed by atoms with Crippen molar-refractivity contribution in [2.24, 2.45) is 0 Å². The second-order valence-electron chi connectivity index (χ2n) is 2.42. The molecule has 0 aromatic heterocycles. The second kappa shape index (κ2) is 3.83. The molecule has 0 amide bonds. The lowest BCUT2D eigenvalue weighted by atomic mass is 10.1. The Morgan fingerprint density at radius 2 is 2.00 bits per heavy atom. The summed E-state index contributed by atoms with van der Waals surface area (Å²) in [6.45, 7) is 3.30. The number of carbonyl (C=O) groups is 1. The molecule has 0 heterocycles. The quantitative estimate of drug-likeness (QED) is 0.683. The van der Waals surface area contributed by atoms with E-state index >= 15 is 0 Å². The van der Waals surface area contributed by atoms with E-state index in [0.717, 1.165) is 6.08 Å². The summed E-state index contributed by atoms with van der Waals surface area (Å²) in [5.74, 6) is -0.374. The first-order chi connectivity index (χ1) is 5.75. The van der Waals surface area contributed by atoms with Gasteiger partial charge in [-0.25, -0.2) is 0 Å². The Morgan fingerprint density at radius 1 is 1.42 bits per heavy atom. The number of carbonyl (C=O) groups excluding carboxylic acids is 1. The molecule has 1 rings (SSSR count). The molecular weight excluding hydrogens is 152 g/mol. The van der Waals surface area contributed by atoms with Crippen molar-refractivity contribution >= 4 is 5.78 Å². The molecule has 0 radical (unpaired) electrons. The van der Waals surface area contributed by atoms with Crippen LogP contribution in [0.15, 0.2) is 43.0 Å². The van der Waals surface area contributed by atoms with Gasteiger partial charge >= 0.3 is 0 Å². The van der Waals surface area contributed by atoms with E-state index in [0.29, 0.717) is 5.56 Å². The van der Waals surface area contributed by atoms with Gasteiger partial charge in [-0.2, -0.15) is 0 Å². The molecule has 0 aliphatic heterocycles. The Morgan fingerprint density at radius 3 is 2.50 bits per heavy atom. The summed E-state index contributed by atoms with van der Waals surface area (Å²) in [5, 5.41) is 9.37. The Bertz CT molecular complexity index is 277. The Kier molecular flexibility index (Phi) is 2.77. The van der Waals surface area contributed by atoms with Gasteiger partial charge in [0.25, 0.3) is 0 Å². The zero-order valence-electron chi connectivity index (χ0n) is 6.60. The van der Waals surface area contributed by atoms with E-state index in [2.05, 4.69) is 6.58 Å². The molecule has 0 saturated carbocycles. The van der Waals surface area contributed by atoms with Crippen molar-refractivity contribution in [1.82, 2.24) is 0 Å². The fraction of sp³-hybridized carbons (Fsp3) is 0.100. The van der Waals surface area contributed by atoms with Crippen LogP contribution in [0.5, 0.6) is 0 Å². The molecule has 0 aliphatic carbocycles. The van der Waals surface area contributed by atoms with Crippen LogP contribution >= 0.6 is 0 Å². The van der Waals surface area contributed by atoms with Crippen LogP contribution in [0.4, 0.5) is 0 Å². The third-order valence-electron chi connectivity index (χ3n) is 1.59. The predicted octanol–water partition coefficient (Wildman–Crippen LogP) is 1.48. The zero-order chi connectivity index (χ0) is 8.97. The molecule has 0 fully saturated rings. The van der Waals surface area contributed by atoms with Crippen LogP contribution in [0.2, 0.25) is 0 Å². The number of ketones is 1. The van der Waals surface area contributed by atoms with Crippen LogP contribution in [-0.4, -0.2) is 10.9 Å². The van der Waals surface area contributed by atoms with Crippen molar-refractivity contribution < 1.29 is 9.90 Å². The van der Waals surface area contributed by atoms with E-state index in [1.54, 1.807) is 24.3 Å². The second-order valence-corrected chi connectivity index (χ2v) is 2.42. The summed E-state index contributed by atoms with van der Waals surface area (Å²) >= 11 is 0. The molecule has 2 nitrogen and oxygen atoms in total. The van der Waals surface area contributed by atoms with Crippen molar-refractivity contribution in [2.45, 2.75) is 6.10 Å². The van der Waals surface area contributed by atoms with E-state index in [9.17, 15) is 9.90 Å². The lowest BCUT2D eigenvalue weighted by Gasteiger charge is -2.05. The summed E-state index contributed by atoms with van der Waals surface area (Å²) < 4.78 is 0. The summed E-state index contributed by atoms with van der Waals surface area (Å²) in [6.07, 6.45) is 0.0567. The number of hydrogen-bond donors (Lipinski definition) is 1. The minimum atomic E-state index is -1.07. The van der Waals surface area contributed by atoms with E-state index in [-0.39, 0.29) is 5.78 Å². The molecule has 1 atom stereocenters. The Balaban J connectivity index is 2.85. The first-order valence-electron chi connectivity index (χ1n) is 3.65. The number of benzene rings is 1. The Labute approximate surface area is 71.2 Å². The maximum absolute atomic E-state index is 10.9. The third-order valence-corrected chi connectivity index (χ3v) is 1.59. The summed E-state index contributed by atoms with van der Waals surface area (Å²) in [4.78, 5) is 10.9. The van der Waals surface area contributed by atoms with Gasteiger partial charge in [-0.05, 0) is 11.6 Å². The highest BCUT2D eigenvalue weighted by atomic mass is 16.3. The molecule has 0 unspecified atom stereocenters. The molecule has 0 bridgehead atoms. The first-order valence-corrected chi connectivity index (χ1v) is 3.65. The molecule has 62 valence electrons. The molecule has 1 N–H and O–H groups in total. The molecule has 1 aromatic carbocycles. The molecule has 0 aliphatic rings. The lowest BCUT2D eigenvalue weighted by molar-refractivity contribution is -0.122. The summed E-state index contributed by atoms with van der Waals surface area (Å²) in [7, 11) is 0. The van der Waals surface area contributed by atoms with Crippen LogP contribution in [-0.2, 0) is 4.79 Å². The fourth-order valence-electron chi connectivity index (χ4n) is 0.911. The monoisotopic (exact) mass is 162 g/mol. The van der Waals surface area contributed by atoms with E-state index in [4.69, 9.17) is 0 Å². The van der Waals surface area contributed by atoms with Gasteiger partial charge in [-0.3, -0.25) is 4.79 Å². The molecule has 0 spiro atoms. The minimum Gasteiger partial charge on any atom is -0.380 e. The average molecular weight is 162 g/mol. The number of aliphatic hydroxyl groups is 1. The molecule has 12 heavy (non-hydrogen) atoms. The van der Waals surface area contributed by atoms with Crippen LogP contribution in [0.3, 0.4) is 0 Å². The van der Waals surface area contributed by atoms with Crippen LogP contribution in [0.25, 0.3) is 0 Å².